The Morgan fingerprint density at radius 3 is 2.76 bits per heavy atom. The average molecular weight is 416 g/mol. The SMILES string of the molecule is C[C@]12CCC(=O)N1c1ccccc1C(=O)N2CCC(=O)Nc1ccc(Cl)cc1F. The third-order valence-corrected chi connectivity index (χ3v) is 5.75. The van der Waals surface area contributed by atoms with Crippen LogP contribution in [0.1, 0.15) is 36.5 Å². The molecule has 0 radical (unpaired) electrons. The van der Waals surface area contributed by atoms with Gasteiger partial charge in [-0.05, 0) is 43.7 Å². The summed E-state index contributed by atoms with van der Waals surface area (Å²) in [6.45, 7) is 1.94. The van der Waals surface area contributed by atoms with Crippen molar-refractivity contribution in [1.29, 1.82) is 0 Å². The summed E-state index contributed by atoms with van der Waals surface area (Å²) in [5.74, 6) is -1.34. The Hall–Kier alpha value is -2.93. The van der Waals surface area contributed by atoms with Gasteiger partial charge >= 0.3 is 0 Å². The molecule has 3 amide bonds. The summed E-state index contributed by atoms with van der Waals surface area (Å²) in [7, 11) is 0. The Labute approximate surface area is 172 Å². The Kier molecular flexibility index (Phi) is 4.78. The molecular formula is C21H19ClFN3O3. The maximum atomic E-state index is 13.9. The fourth-order valence-electron chi connectivity index (χ4n) is 4.06. The van der Waals surface area contributed by atoms with Gasteiger partial charge in [-0.1, -0.05) is 23.7 Å². The van der Waals surface area contributed by atoms with Gasteiger partial charge in [0.25, 0.3) is 5.91 Å². The van der Waals surface area contributed by atoms with Gasteiger partial charge in [-0.2, -0.15) is 0 Å². The van der Waals surface area contributed by atoms with Gasteiger partial charge in [-0.3, -0.25) is 19.3 Å². The predicted octanol–water partition coefficient (Wildman–Crippen LogP) is 3.81. The summed E-state index contributed by atoms with van der Waals surface area (Å²) in [6, 6.07) is 11.0. The first kappa shape index (κ1) is 19.4. The Morgan fingerprint density at radius 1 is 1.24 bits per heavy atom. The minimum atomic E-state index is -0.825. The fourth-order valence-corrected chi connectivity index (χ4v) is 4.22. The number of nitrogens with one attached hydrogen (secondary N) is 1. The molecule has 0 unspecified atom stereocenters. The van der Waals surface area contributed by atoms with Crippen LogP contribution in [0.2, 0.25) is 5.02 Å². The van der Waals surface area contributed by atoms with E-state index in [0.717, 1.165) is 6.07 Å². The lowest BCUT2D eigenvalue weighted by molar-refractivity contribution is -0.117. The van der Waals surface area contributed by atoms with Crippen molar-refractivity contribution in [3.05, 3.63) is 58.9 Å². The second-order valence-corrected chi connectivity index (χ2v) is 7.78. The zero-order valence-corrected chi connectivity index (χ0v) is 16.5. The fraction of sp³-hybridized carbons (Fsp3) is 0.286. The van der Waals surface area contributed by atoms with Crippen molar-refractivity contribution >= 4 is 40.7 Å². The molecule has 150 valence electrons. The van der Waals surface area contributed by atoms with E-state index >= 15 is 0 Å². The van der Waals surface area contributed by atoms with E-state index in [1.54, 1.807) is 34.1 Å². The van der Waals surface area contributed by atoms with Crippen molar-refractivity contribution in [2.24, 2.45) is 0 Å². The largest absolute Gasteiger partial charge is 0.324 e. The number of carbonyl (C=O) groups excluding carboxylic acids is 3. The molecule has 2 aliphatic heterocycles. The van der Waals surface area contributed by atoms with Crippen molar-refractivity contribution in [1.82, 2.24) is 4.90 Å². The highest BCUT2D eigenvalue weighted by Gasteiger charge is 2.52. The number of halogens is 2. The molecule has 2 aromatic carbocycles. The van der Waals surface area contributed by atoms with E-state index < -0.39 is 17.4 Å². The van der Waals surface area contributed by atoms with Crippen LogP contribution in [0.15, 0.2) is 42.5 Å². The maximum absolute atomic E-state index is 13.9. The highest BCUT2D eigenvalue weighted by molar-refractivity contribution is 6.30. The zero-order valence-electron chi connectivity index (χ0n) is 15.7. The number of hydrogen-bond acceptors (Lipinski definition) is 3. The van der Waals surface area contributed by atoms with Crippen molar-refractivity contribution in [2.75, 3.05) is 16.8 Å². The number of hydrogen-bond donors (Lipinski definition) is 1. The average Bonchev–Trinajstić information content (AvgIpc) is 2.99. The van der Waals surface area contributed by atoms with Crippen LogP contribution in [0.3, 0.4) is 0 Å². The second-order valence-electron chi connectivity index (χ2n) is 7.34. The van der Waals surface area contributed by atoms with Gasteiger partial charge in [-0.15, -0.1) is 0 Å². The van der Waals surface area contributed by atoms with E-state index in [-0.39, 0.29) is 35.5 Å². The number of carbonyl (C=O) groups is 3. The van der Waals surface area contributed by atoms with Crippen molar-refractivity contribution in [2.45, 2.75) is 31.8 Å². The molecule has 4 rings (SSSR count). The van der Waals surface area contributed by atoms with Crippen LogP contribution in [-0.4, -0.2) is 34.8 Å². The van der Waals surface area contributed by atoms with Crippen LogP contribution in [0, 0.1) is 5.82 Å². The Morgan fingerprint density at radius 2 is 2.00 bits per heavy atom. The Bertz CT molecular complexity index is 1030. The van der Waals surface area contributed by atoms with Gasteiger partial charge in [-0.25, -0.2) is 4.39 Å². The molecule has 2 heterocycles. The zero-order chi connectivity index (χ0) is 20.8. The first-order chi connectivity index (χ1) is 13.8. The minimum Gasteiger partial charge on any atom is -0.324 e. The lowest BCUT2D eigenvalue weighted by Gasteiger charge is -2.48. The lowest BCUT2D eigenvalue weighted by atomic mass is 9.98. The molecule has 0 aliphatic carbocycles. The smallest absolute Gasteiger partial charge is 0.257 e. The van der Waals surface area contributed by atoms with E-state index in [0.29, 0.717) is 24.1 Å². The summed E-state index contributed by atoms with van der Waals surface area (Å²) >= 11 is 5.72. The van der Waals surface area contributed by atoms with Gasteiger partial charge in [0.15, 0.2) is 0 Å². The second kappa shape index (κ2) is 7.15. The molecule has 8 heteroatoms. The molecule has 0 spiro atoms. The number of fused-ring (bicyclic) bond motifs is 3. The highest BCUT2D eigenvalue weighted by Crippen LogP contribution is 2.43. The molecular weight excluding hydrogens is 397 g/mol. The molecule has 1 fully saturated rings. The first-order valence-electron chi connectivity index (χ1n) is 9.30. The van der Waals surface area contributed by atoms with Gasteiger partial charge in [0.2, 0.25) is 11.8 Å². The molecule has 29 heavy (non-hydrogen) atoms. The monoisotopic (exact) mass is 415 g/mol. The standard InChI is InChI=1S/C21H19ClFN3O3/c1-21-10-8-19(28)26(21)17-5-3-2-4-14(17)20(29)25(21)11-9-18(27)24-16-7-6-13(22)12-15(16)23/h2-7,12H,8-11H2,1H3,(H,24,27)/t21-/m1/s1. The van der Waals surface area contributed by atoms with E-state index in [2.05, 4.69) is 5.32 Å². The maximum Gasteiger partial charge on any atom is 0.257 e. The molecule has 1 atom stereocenters. The third kappa shape index (κ3) is 3.25. The van der Waals surface area contributed by atoms with Gasteiger partial charge < -0.3 is 10.2 Å². The topological polar surface area (TPSA) is 69.7 Å². The number of amides is 3. The van der Waals surface area contributed by atoms with Gasteiger partial charge in [0.1, 0.15) is 11.5 Å². The molecule has 1 saturated heterocycles. The summed E-state index contributed by atoms with van der Waals surface area (Å²) < 4.78 is 13.9. The van der Waals surface area contributed by atoms with Gasteiger partial charge in [0, 0.05) is 24.4 Å². The minimum absolute atomic E-state index is 0.0265. The van der Waals surface area contributed by atoms with Crippen LogP contribution in [0.5, 0.6) is 0 Å². The molecule has 6 nitrogen and oxygen atoms in total. The van der Waals surface area contributed by atoms with E-state index in [1.807, 2.05) is 6.92 Å². The van der Waals surface area contributed by atoms with Gasteiger partial charge in [0.05, 0.1) is 16.9 Å². The normalized spacial score (nSPS) is 20.5. The van der Waals surface area contributed by atoms with Crippen LogP contribution in [0.25, 0.3) is 0 Å². The van der Waals surface area contributed by atoms with Crippen LogP contribution >= 0.6 is 11.6 Å². The molecule has 2 aromatic rings. The van der Waals surface area contributed by atoms with Crippen LogP contribution in [0.4, 0.5) is 15.8 Å². The molecule has 2 aliphatic rings. The van der Waals surface area contributed by atoms with Crippen molar-refractivity contribution < 1.29 is 18.8 Å². The molecule has 0 aromatic heterocycles. The third-order valence-electron chi connectivity index (χ3n) is 5.51. The number of benzene rings is 2. The Balaban J connectivity index is 1.54. The number of rotatable bonds is 4. The highest BCUT2D eigenvalue weighted by atomic mass is 35.5. The van der Waals surface area contributed by atoms with Crippen molar-refractivity contribution in [3.8, 4) is 0 Å². The van der Waals surface area contributed by atoms with Crippen molar-refractivity contribution in [3.63, 3.8) is 0 Å². The number of anilines is 2. The number of nitrogens with zero attached hydrogens (tertiary/aromatic N) is 2. The van der Waals surface area contributed by atoms with E-state index in [1.165, 1.54) is 12.1 Å². The molecule has 0 saturated carbocycles. The predicted molar refractivity (Wildman–Crippen MR) is 107 cm³/mol. The quantitative estimate of drug-likeness (QED) is 0.825. The van der Waals surface area contributed by atoms with E-state index in [4.69, 9.17) is 11.6 Å². The summed E-state index contributed by atoms with van der Waals surface area (Å²) in [6.07, 6.45) is 0.781. The molecule has 1 N–H and O–H groups in total. The lowest BCUT2D eigenvalue weighted by Crippen LogP contribution is -2.62. The number of para-hydroxylation sites is 1. The summed E-state index contributed by atoms with van der Waals surface area (Å²) in [5.41, 5.74) is 0.239. The van der Waals surface area contributed by atoms with Crippen LogP contribution in [-0.2, 0) is 9.59 Å². The summed E-state index contributed by atoms with van der Waals surface area (Å²) in [4.78, 5) is 41.2. The van der Waals surface area contributed by atoms with E-state index in [9.17, 15) is 18.8 Å². The first-order valence-corrected chi connectivity index (χ1v) is 9.68. The van der Waals surface area contributed by atoms with Crippen LogP contribution < -0.4 is 10.2 Å². The molecule has 0 bridgehead atoms. The summed E-state index contributed by atoms with van der Waals surface area (Å²) in [5, 5.41) is 2.73.